The number of halogens is 1. The van der Waals surface area contributed by atoms with Crippen molar-refractivity contribution in [3.05, 3.63) is 58.6 Å². The van der Waals surface area contributed by atoms with Crippen molar-refractivity contribution in [2.75, 3.05) is 25.1 Å². The van der Waals surface area contributed by atoms with Crippen molar-refractivity contribution in [1.82, 2.24) is 4.90 Å². The van der Waals surface area contributed by atoms with Crippen molar-refractivity contribution in [1.29, 1.82) is 0 Å². The summed E-state index contributed by atoms with van der Waals surface area (Å²) in [6, 6.07) is 14.1. The number of amides is 2. The Kier molecular flexibility index (Phi) is 5.08. The average Bonchev–Trinajstić information content (AvgIpc) is 2.64. The molecular formula is C19H19BrN2O3. The molecule has 1 saturated heterocycles. The zero-order valence-corrected chi connectivity index (χ0v) is 15.7. The number of carbonyl (C=O) groups excluding carboxylic acids is 2. The molecule has 6 heteroatoms. The highest BCUT2D eigenvalue weighted by atomic mass is 79.9. The lowest BCUT2D eigenvalue weighted by atomic mass is 10.1. The van der Waals surface area contributed by atoms with E-state index in [-0.39, 0.29) is 11.8 Å². The van der Waals surface area contributed by atoms with Gasteiger partial charge < -0.3 is 14.5 Å². The van der Waals surface area contributed by atoms with Gasteiger partial charge in [0.2, 0.25) is 5.91 Å². The van der Waals surface area contributed by atoms with Crippen molar-refractivity contribution in [2.45, 2.75) is 13.0 Å². The van der Waals surface area contributed by atoms with Crippen molar-refractivity contribution >= 4 is 33.4 Å². The van der Waals surface area contributed by atoms with Crippen LogP contribution in [0.2, 0.25) is 0 Å². The number of ether oxygens (including phenoxy) is 1. The van der Waals surface area contributed by atoms with E-state index in [1.165, 1.54) is 0 Å². The number of nitrogens with zero attached hydrogens (tertiary/aromatic N) is 2. The Bertz CT molecular complexity index is 792. The molecule has 0 spiro atoms. The fraction of sp³-hybridized carbons (Fsp3) is 0.263. The molecule has 1 atom stereocenters. The number of methoxy groups -OCH3 is 1. The predicted molar refractivity (Wildman–Crippen MR) is 100.0 cm³/mol. The standard InChI is InChI=1S/C19H19BrN2O3/c1-13-18(23)22(16-4-3-5-17(12-16)25-2)11-10-21(13)19(24)14-6-8-15(20)9-7-14/h3-9,12-13H,10-11H2,1-2H3. The van der Waals surface area contributed by atoms with Crippen molar-refractivity contribution in [2.24, 2.45) is 0 Å². The number of benzene rings is 2. The van der Waals surface area contributed by atoms with Crippen LogP contribution in [0.3, 0.4) is 0 Å². The molecule has 0 bridgehead atoms. The number of rotatable bonds is 3. The van der Waals surface area contributed by atoms with Gasteiger partial charge in [-0.25, -0.2) is 0 Å². The zero-order valence-electron chi connectivity index (χ0n) is 14.1. The molecule has 0 radical (unpaired) electrons. The van der Waals surface area contributed by atoms with E-state index in [4.69, 9.17) is 4.74 Å². The monoisotopic (exact) mass is 402 g/mol. The second-order valence-electron chi connectivity index (χ2n) is 5.87. The van der Waals surface area contributed by atoms with Crippen LogP contribution >= 0.6 is 15.9 Å². The highest BCUT2D eigenvalue weighted by molar-refractivity contribution is 9.10. The summed E-state index contributed by atoms with van der Waals surface area (Å²) < 4.78 is 6.14. The summed E-state index contributed by atoms with van der Waals surface area (Å²) in [5, 5.41) is 0. The summed E-state index contributed by atoms with van der Waals surface area (Å²) in [6.07, 6.45) is 0. The number of hydrogen-bond donors (Lipinski definition) is 0. The first-order chi connectivity index (χ1) is 12.0. The fourth-order valence-corrected chi connectivity index (χ4v) is 3.21. The van der Waals surface area contributed by atoms with Gasteiger partial charge in [0.05, 0.1) is 7.11 Å². The van der Waals surface area contributed by atoms with Crippen LogP contribution in [0.5, 0.6) is 5.75 Å². The Hall–Kier alpha value is -2.34. The SMILES string of the molecule is COc1cccc(N2CCN(C(=O)c3ccc(Br)cc3)C(C)C2=O)c1. The number of carbonyl (C=O) groups is 2. The maximum Gasteiger partial charge on any atom is 0.254 e. The van der Waals surface area contributed by atoms with E-state index >= 15 is 0 Å². The molecule has 3 rings (SSSR count). The first-order valence-electron chi connectivity index (χ1n) is 8.03. The lowest BCUT2D eigenvalue weighted by molar-refractivity contribution is -0.124. The summed E-state index contributed by atoms with van der Waals surface area (Å²) >= 11 is 3.36. The smallest absolute Gasteiger partial charge is 0.254 e. The molecular weight excluding hydrogens is 384 g/mol. The second-order valence-corrected chi connectivity index (χ2v) is 6.79. The van der Waals surface area contributed by atoms with Gasteiger partial charge in [0.15, 0.2) is 0 Å². The van der Waals surface area contributed by atoms with Gasteiger partial charge in [0.1, 0.15) is 11.8 Å². The molecule has 2 aromatic carbocycles. The molecule has 1 unspecified atom stereocenters. The third kappa shape index (κ3) is 3.54. The van der Waals surface area contributed by atoms with E-state index in [9.17, 15) is 9.59 Å². The molecule has 25 heavy (non-hydrogen) atoms. The fourth-order valence-electron chi connectivity index (χ4n) is 2.94. The Balaban J connectivity index is 1.79. The minimum atomic E-state index is -0.518. The first-order valence-corrected chi connectivity index (χ1v) is 8.82. The van der Waals surface area contributed by atoms with Crippen LogP contribution in [-0.4, -0.2) is 43.0 Å². The van der Waals surface area contributed by atoms with E-state index in [1.54, 1.807) is 36.0 Å². The summed E-state index contributed by atoms with van der Waals surface area (Å²) in [5.41, 5.74) is 1.37. The van der Waals surface area contributed by atoms with E-state index in [2.05, 4.69) is 15.9 Å². The van der Waals surface area contributed by atoms with Gasteiger partial charge in [0.25, 0.3) is 5.91 Å². The normalized spacial score (nSPS) is 17.6. The highest BCUT2D eigenvalue weighted by Gasteiger charge is 2.35. The zero-order chi connectivity index (χ0) is 18.0. The first kappa shape index (κ1) is 17.5. The maximum absolute atomic E-state index is 12.8. The Morgan fingerprint density at radius 3 is 2.56 bits per heavy atom. The molecule has 0 saturated carbocycles. The summed E-state index contributed by atoms with van der Waals surface area (Å²) in [5.74, 6) is 0.481. The van der Waals surface area contributed by atoms with Gasteiger partial charge in [0, 0.05) is 34.9 Å². The molecule has 0 aromatic heterocycles. The van der Waals surface area contributed by atoms with Crippen LogP contribution in [0.25, 0.3) is 0 Å². The topological polar surface area (TPSA) is 49.9 Å². The third-order valence-electron chi connectivity index (χ3n) is 4.37. The van der Waals surface area contributed by atoms with Crippen molar-refractivity contribution in [3.8, 4) is 5.75 Å². The minimum Gasteiger partial charge on any atom is -0.497 e. The lowest BCUT2D eigenvalue weighted by Gasteiger charge is -2.39. The molecule has 1 aliphatic rings. The molecule has 130 valence electrons. The number of anilines is 1. The molecule has 0 N–H and O–H groups in total. The predicted octanol–water partition coefficient (Wildman–Crippen LogP) is 3.34. The van der Waals surface area contributed by atoms with E-state index in [0.29, 0.717) is 24.4 Å². The van der Waals surface area contributed by atoms with E-state index in [0.717, 1.165) is 10.2 Å². The molecule has 2 aromatic rings. The third-order valence-corrected chi connectivity index (χ3v) is 4.90. The van der Waals surface area contributed by atoms with Crippen LogP contribution in [0, 0.1) is 0 Å². The van der Waals surface area contributed by atoms with Crippen LogP contribution in [0.15, 0.2) is 53.0 Å². The minimum absolute atomic E-state index is 0.0926. The lowest BCUT2D eigenvalue weighted by Crippen LogP contribution is -2.57. The number of piperazine rings is 1. The molecule has 1 aliphatic heterocycles. The van der Waals surface area contributed by atoms with Crippen LogP contribution in [0.1, 0.15) is 17.3 Å². The van der Waals surface area contributed by atoms with Crippen LogP contribution in [-0.2, 0) is 4.79 Å². The van der Waals surface area contributed by atoms with Gasteiger partial charge >= 0.3 is 0 Å². The van der Waals surface area contributed by atoms with Crippen molar-refractivity contribution in [3.63, 3.8) is 0 Å². The van der Waals surface area contributed by atoms with Gasteiger partial charge in [-0.15, -0.1) is 0 Å². The summed E-state index contributed by atoms with van der Waals surface area (Å²) in [4.78, 5) is 28.9. The molecule has 5 nitrogen and oxygen atoms in total. The number of hydrogen-bond acceptors (Lipinski definition) is 3. The Morgan fingerprint density at radius 2 is 1.88 bits per heavy atom. The van der Waals surface area contributed by atoms with Gasteiger partial charge in [-0.3, -0.25) is 9.59 Å². The van der Waals surface area contributed by atoms with Gasteiger partial charge in [-0.1, -0.05) is 22.0 Å². The molecule has 1 heterocycles. The second kappa shape index (κ2) is 7.27. The van der Waals surface area contributed by atoms with Gasteiger partial charge in [-0.05, 0) is 43.3 Å². The Morgan fingerprint density at radius 1 is 1.16 bits per heavy atom. The summed E-state index contributed by atoms with van der Waals surface area (Å²) in [6.45, 7) is 2.71. The quantitative estimate of drug-likeness (QED) is 0.790. The van der Waals surface area contributed by atoms with Crippen molar-refractivity contribution < 1.29 is 14.3 Å². The van der Waals surface area contributed by atoms with Crippen LogP contribution < -0.4 is 9.64 Å². The summed E-state index contributed by atoms with van der Waals surface area (Å²) in [7, 11) is 1.60. The average molecular weight is 403 g/mol. The van der Waals surface area contributed by atoms with E-state index < -0.39 is 6.04 Å². The maximum atomic E-state index is 12.8. The molecule has 0 aliphatic carbocycles. The largest absolute Gasteiger partial charge is 0.497 e. The molecule has 1 fully saturated rings. The molecule has 2 amide bonds. The highest BCUT2D eigenvalue weighted by Crippen LogP contribution is 2.25. The van der Waals surface area contributed by atoms with E-state index in [1.807, 2.05) is 36.4 Å². The van der Waals surface area contributed by atoms with Gasteiger partial charge in [-0.2, -0.15) is 0 Å². The van der Waals surface area contributed by atoms with Crippen LogP contribution in [0.4, 0.5) is 5.69 Å². The Labute approximate surface area is 155 Å².